The van der Waals surface area contributed by atoms with Gasteiger partial charge in [-0.1, -0.05) is 0 Å². The summed E-state index contributed by atoms with van der Waals surface area (Å²) in [7, 11) is 3.48. The van der Waals surface area contributed by atoms with Gasteiger partial charge in [0.25, 0.3) is 0 Å². The first-order valence-corrected chi connectivity index (χ1v) is 6.26. The lowest BCUT2D eigenvalue weighted by atomic mass is 10.2. The standard InChI is InChI=1S/C14H18N4O2/c1-10(19)17-13-5-4-11(8-14(13)20-3)15-9-12-6-7-16-18(12)2/h4-8,15H,9H2,1-3H3,(H,17,19). The fraction of sp³-hybridized carbons (Fsp3) is 0.286. The zero-order chi connectivity index (χ0) is 14.5. The average Bonchev–Trinajstić information content (AvgIpc) is 2.82. The molecule has 2 rings (SSSR count). The molecule has 2 N–H and O–H groups in total. The molecule has 0 radical (unpaired) electrons. The molecular formula is C14H18N4O2. The Morgan fingerprint density at radius 3 is 2.80 bits per heavy atom. The normalized spacial score (nSPS) is 10.2. The molecule has 1 aromatic carbocycles. The first-order valence-electron chi connectivity index (χ1n) is 6.26. The van der Waals surface area contributed by atoms with Crippen LogP contribution in [0.4, 0.5) is 11.4 Å². The lowest BCUT2D eigenvalue weighted by Gasteiger charge is -2.12. The Balaban J connectivity index is 2.09. The number of aryl methyl sites for hydroxylation is 1. The molecule has 0 fully saturated rings. The Morgan fingerprint density at radius 2 is 2.20 bits per heavy atom. The Labute approximate surface area is 117 Å². The smallest absolute Gasteiger partial charge is 0.221 e. The van der Waals surface area contributed by atoms with Gasteiger partial charge in [-0.2, -0.15) is 5.10 Å². The van der Waals surface area contributed by atoms with E-state index in [2.05, 4.69) is 15.7 Å². The summed E-state index contributed by atoms with van der Waals surface area (Å²) >= 11 is 0. The molecule has 1 aromatic heterocycles. The van der Waals surface area contributed by atoms with Gasteiger partial charge in [-0.3, -0.25) is 9.48 Å². The van der Waals surface area contributed by atoms with E-state index >= 15 is 0 Å². The number of aromatic nitrogens is 2. The molecule has 0 unspecified atom stereocenters. The summed E-state index contributed by atoms with van der Waals surface area (Å²) in [4.78, 5) is 11.1. The Hall–Kier alpha value is -2.50. The predicted octanol–water partition coefficient (Wildman–Crippen LogP) is 2.00. The van der Waals surface area contributed by atoms with Crippen molar-refractivity contribution in [3.63, 3.8) is 0 Å². The van der Waals surface area contributed by atoms with Crippen LogP contribution >= 0.6 is 0 Å². The maximum absolute atomic E-state index is 11.1. The lowest BCUT2D eigenvalue weighted by Crippen LogP contribution is -2.08. The summed E-state index contributed by atoms with van der Waals surface area (Å²) in [6.07, 6.45) is 1.76. The predicted molar refractivity (Wildman–Crippen MR) is 77.8 cm³/mol. The van der Waals surface area contributed by atoms with Crippen LogP contribution in [-0.2, 0) is 18.4 Å². The number of carbonyl (C=O) groups excluding carboxylic acids is 1. The van der Waals surface area contributed by atoms with Crippen molar-refractivity contribution in [3.8, 4) is 5.75 Å². The Bertz CT molecular complexity index is 607. The summed E-state index contributed by atoms with van der Waals surface area (Å²) in [5.41, 5.74) is 2.65. The van der Waals surface area contributed by atoms with Gasteiger partial charge in [0.1, 0.15) is 5.75 Å². The maximum Gasteiger partial charge on any atom is 0.221 e. The van der Waals surface area contributed by atoms with Gasteiger partial charge in [0, 0.05) is 31.9 Å². The minimum absolute atomic E-state index is 0.126. The average molecular weight is 274 g/mol. The lowest BCUT2D eigenvalue weighted by molar-refractivity contribution is -0.114. The monoisotopic (exact) mass is 274 g/mol. The van der Waals surface area contributed by atoms with E-state index in [-0.39, 0.29) is 5.91 Å². The van der Waals surface area contributed by atoms with E-state index in [0.29, 0.717) is 18.0 Å². The van der Waals surface area contributed by atoms with Gasteiger partial charge < -0.3 is 15.4 Å². The molecule has 20 heavy (non-hydrogen) atoms. The molecule has 106 valence electrons. The summed E-state index contributed by atoms with van der Waals surface area (Å²) in [6, 6.07) is 7.51. The van der Waals surface area contributed by atoms with Gasteiger partial charge in [0.2, 0.25) is 5.91 Å². The summed E-state index contributed by atoms with van der Waals surface area (Å²) in [5.74, 6) is 0.495. The molecule has 1 heterocycles. The van der Waals surface area contributed by atoms with Crippen LogP contribution in [-0.4, -0.2) is 22.8 Å². The van der Waals surface area contributed by atoms with Crippen LogP contribution in [0.1, 0.15) is 12.6 Å². The summed E-state index contributed by atoms with van der Waals surface area (Å²) in [5, 5.41) is 10.1. The van der Waals surface area contributed by atoms with E-state index in [1.807, 2.05) is 36.0 Å². The Morgan fingerprint density at radius 1 is 1.40 bits per heavy atom. The zero-order valence-electron chi connectivity index (χ0n) is 11.8. The van der Waals surface area contributed by atoms with Crippen molar-refractivity contribution in [3.05, 3.63) is 36.2 Å². The first-order chi connectivity index (χ1) is 9.60. The molecule has 6 nitrogen and oxygen atoms in total. The van der Waals surface area contributed by atoms with Crippen LogP contribution in [0.2, 0.25) is 0 Å². The van der Waals surface area contributed by atoms with E-state index in [9.17, 15) is 4.79 Å². The number of nitrogens with one attached hydrogen (secondary N) is 2. The number of hydrogen-bond donors (Lipinski definition) is 2. The summed E-state index contributed by atoms with van der Waals surface area (Å²) in [6.45, 7) is 2.13. The third-order valence-corrected chi connectivity index (χ3v) is 2.91. The van der Waals surface area contributed by atoms with Gasteiger partial charge in [0.05, 0.1) is 25.0 Å². The van der Waals surface area contributed by atoms with Gasteiger partial charge in [0.15, 0.2) is 0 Å². The largest absolute Gasteiger partial charge is 0.494 e. The number of methoxy groups -OCH3 is 1. The SMILES string of the molecule is COc1cc(NCc2ccnn2C)ccc1NC(C)=O. The van der Waals surface area contributed by atoms with E-state index < -0.39 is 0 Å². The highest BCUT2D eigenvalue weighted by Crippen LogP contribution is 2.28. The molecule has 0 aliphatic heterocycles. The van der Waals surface area contributed by atoms with Crippen LogP contribution in [0.5, 0.6) is 5.75 Å². The van der Waals surface area contributed by atoms with Crippen molar-refractivity contribution >= 4 is 17.3 Å². The van der Waals surface area contributed by atoms with Crippen LogP contribution in [0.3, 0.4) is 0 Å². The van der Waals surface area contributed by atoms with Crippen molar-refractivity contribution in [2.24, 2.45) is 7.05 Å². The van der Waals surface area contributed by atoms with E-state index in [1.165, 1.54) is 6.92 Å². The maximum atomic E-state index is 11.1. The third kappa shape index (κ3) is 3.28. The fourth-order valence-corrected chi connectivity index (χ4v) is 1.86. The number of ether oxygens (including phenoxy) is 1. The molecule has 0 saturated carbocycles. The number of carbonyl (C=O) groups is 1. The second kappa shape index (κ2) is 6.10. The van der Waals surface area contributed by atoms with Crippen molar-refractivity contribution in [2.45, 2.75) is 13.5 Å². The number of hydrogen-bond acceptors (Lipinski definition) is 4. The first kappa shape index (κ1) is 13.9. The van der Waals surface area contributed by atoms with Crippen LogP contribution in [0.15, 0.2) is 30.5 Å². The highest BCUT2D eigenvalue weighted by Gasteiger charge is 2.06. The van der Waals surface area contributed by atoms with Gasteiger partial charge in [-0.15, -0.1) is 0 Å². The van der Waals surface area contributed by atoms with Gasteiger partial charge >= 0.3 is 0 Å². The van der Waals surface area contributed by atoms with Crippen molar-refractivity contribution in [1.29, 1.82) is 0 Å². The molecule has 1 amide bonds. The molecule has 0 aliphatic rings. The second-order valence-corrected chi connectivity index (χ2v) is 4.40. The number of nitrogens with zero attached hydrogens (tertiary/aromatic N) is 2. The molecule has 6 heteroatoms. The van der Waals surface area contributed by atoms with E-state index in [0.717, 1.165) is 11.4 Å². The third-order valence-electron chi connectivity index (χ3n) is 2.91. The molecular weight excluding hydrogens is 256 g/mol. The number of rotatable bonds is 5. The molecule has 0 bridgehead atoms. The molecule has 0 spiro atoms. The zero-order valence-corrected chi connectivity index (χ0v) is 11.8. The van der Waals surface area contributed by atoms with Crippen molar-refractivity contribution in [2.75, 3.05) is 17.7 Å². The molecule has 2 aromatic rings. The van der Waals surface area contributed by atoms with Crippen molar-refractivity contribution in [1.82, 2.24) is 9.78 Å². The minimum atomic E-state index is -0.126. The van der Waals surface area contributed by atoms with Crippen LogP contribution in [0, 0.1) is 0 Å². The van der Waals surface area contributed by atoms with Crippen LogP contribution < -0.4 is 15.4 Å². The topological polar surface area (TPSA) is 68.2 Å². The van der Waals surface area contributed by atoms with E-state index in [4.69, 9.17) is 4.74 Å². The minimum Gasteiger partial charge on any atom is -0.494 e. The fourth-order valence-electron chi connectivity index (χ4n) is 1.86. The second-order valence-electron chi connectivity index (χ2n) is 4.40. The molecule has 0 atom stereocenters. The van der Waals surface area contributed by atoms with Crippen molar-refractivity contribution < 1.29 is 9.53 Å². The van der Waals surface area contributed by atoms with Crippen LogP contribution in [0.25, 0.3) is 0 Å². The molecule has 0 saturated heterocycles. The number of amides is 1. The number of anilines is 2. The highest BCUT2D eigenvalue weighted by atomic mass is 16.5. The Kier molecular flexibility index (Phi) is 4.24. The van der Waals surface area contributed by atoms with Gasteiger partial charge in [-0.05, 0) is 18.2 Å². The van der Waals surface area contributed by atoms with E-state index in [1.54, 1.807) is 13.3 Å². The summed E-state index contributed by atoms with van der Waals surface area (Å²) < 4.78 is 7.09. The van der Waals surface area contributed by atoms with Gasteiger partial charge in [-0.25, -0.2) is 0 Å². The molecule has 0 aliphatic carbocycles. The quantitative estimate of drug-likeness (QED) is 0.875. The number of benzene rings is 1. The highest BCUT2D eigenvalue weighted by molar-refractivity contribution is 5.90.